The van der Waals surface area contributed by atoms with E-state index >= 15 is 0 Å². The lowest BCUT2D eigenvalue weighted by atomic mass is 9.83. The second kappa shape index (κ2) is 8.74. The zero-order valence-corrected chi connectivity index (χ0v) is 19.6. The van der Waals surface area contributed by atoms with Crippen molar-refractivity contribution in [1.82, 2.24) is 4.98 Å². The molecular formula is C27H17BrClN3O. The molecule has 6 heteroatoms. The van der Waals surface area contributed by atoms with Gasteiger partial charge in [0.2, 0.25) is 5.88 Å². The minimum absolute atomic E-state index is 0.106. The van der Waals surface area contributed by atoms with Gasteiger partial charge in [-0.2, -0.15) is 5.26 Å². The number of allylic oxidation sites excluding steroid dienone is 1. The number of ether oxygens (including phenoxy) is 1. The van der Waals surface area contributed by atoms with Crippen LogP contribution in [0, 0.1) is 11.3 Å². The molecule has 3 aromatic carbocycles. The van der Waals surface area contributed by atoms with Crippen LogP contribution in [-0.4, -0.2) is 4.98 Å². The van der Waals surface area contributed by atoms with Gasteiger partial charge in [-0.05, 0) is 47.5 Å². The van der Waals surface area contributed by atoms with Crippen LogP contribution in [-0.2, 0) is 0 Å². The van der Waals surface area contributed by atoms with E-state index in [1.165, 1.54) is 0 Å². The van der Waals surface area contributed by atoms with Crippen molar-refractivity contribution in [3.63, 3.8) is 0 Å². The van der Waals surface area contributed by atoms with Crippen molar-refractivity contribution in [1.29, 1.82) is 5.26 Å². The van der Waals surface area contributed by atoms with Crippen molar-refractivity contribution in [2.75, 3.05) is 0 Å². The summed E-state index contributed by atoms with van der Waals surface area (Å²) in [5, 5.41) is 11.4. The summed E-state index contributed by atoms with van der Waals surface area (Å²) in [6.45, 7) is 0. The Kier molecular flexibility index (Phi) is 5.63. The molecule has 4 nitrogen and oxygen atoms in total. The van der Waals surface area contributed by atoms with Crippen LogP contribution in [0.5, 0.6) is 5.75 Å². The van der Waals surface area contributed by atoms with Crippen LogP contribution < -0.4 is 10.5 Å². The topological polar surface area (TPSA) is 71.9 Å². The molecule has 1 aliphatic heterocycles. The molecule has 0 aliphatic carbocycles. The summed E-state index contributed by atoms with van der Waals surface area (Å²) in [5.41, 5.74) is 10.9. The molecule has 0 amide bonds. The number of fused-ring (bicyclic) bond motifs is 3. The fourth-order valence-corrected chi connectivity index (χ4v) is 4.35. The van der Waals surface area contributed by atoms with Crippen molar-refractivity contribution in [3.05, 3.63) is 116 Å². The SMILES string of the molecule is N#CC1=C(N)Oc2c(ccc3ccc(/C=C/c4ccc(Cl)cc4)nc23)C1c1ccc(Br)cc1. The number of hydrogen-bond acceptors (Lipinski definition) is 4. The normalized spacial score (nSPS) is 15.4. The summed E-state index contributed by atoms with van der Waals surface area (Å²) in [4.78, 5) is 4.84. The molecule has 1 aromatic heterocycles. The first-order chi connectivity index (χ1) is 16.0. The van der Waals surface area contributed by atoms with Crippen molar-refractivity contribution < 1.29 is 4.74 Å². The second-order valence-electron chi connectivity index (χ2n) is 7.65. The molecule has 0 spiro atoms. The van der Waals surface area contributed by atoms with Gasteiger partial charge in [0.1, 0.15) is 17.2 Å². The zero-order chi connectivity index (χ0) is 22.9. The van der Waals surface area contributed by atoms with Crippen LogP contribution in [0.1, 0.15) is 28.3 Å². The summed E-state index contributed by atoms with van der Waals surface area (Å²) in [6.07, 6.45) is 3.92. The molecule has 0 bridgehead atoms. The molecule has 1 unspecified atom stereocenters. The van der Waals surface area contributed by atoms with Crippen LogP contribution in [0.25, 0.3) is 23.1 Å². The number of aromatic nitrogens is 1. The molecule has 4 aromatic rings. The van der Waals surface area contributed by atoms with E-state index in [9.17, 15) is 5.26 Å². The summed E-state index contributed by atoms with van der Waals surface area (Å²) in [5.74, 6) is 0.360. The van der Waals surface area contributed by atoms with Crippen LogP contribution in [0.3, 0.4) is 0 Å². The molecule has 33 heavy (non-hydrogen) atoms. The van der Waals surface area contributed by atoms with Crippen molar-refractivity contribution >= 4 is 50.6 Å². The Morgan fingerprint density at radius 2 is 1.70 bits per heavy atom. The number of nitrogens with two attached hydrogens (primary N) is 1. The first-order valence-electron chi connectivity index (χ1n) is 10.2. The maximum absolute atomic E-state index is 9.82. The number of nitriles is 1. The fourth-order valence-electron chi connectivity index (χ4n) is 3.96. The lowest BCUT2D eigenvalue weighted by molar-refractivity contribution is 0.397. The molecule has 1 atom stereocenters. The Morgan fingerprint density at radius 3 is 2.42 bits per heavy atom. The maximum atomic E-state index is 9.82. The van der Waals surface area contributed by atoms with E-state index < -0.39 is 0 Å². The van der Waals surface area contributed by atoms with E-state index in [2.05, 4.69) is 22.0 Å². The number of pyridine rings is 1. The van der Waals surface area contributed by atoms with Crippen LogP contribution in [0.15, 0.2) is 88.7 Å². The highest BCUT2D eigenvalue weighted by atomic mass is 79.9. The van der Waals surface area contributed by atoms with Gasteiger partial charge in [-0.15, -0.1) is 0 Å². The highest BCUT2D eigenvalue weighted by molar-refractivity contribution is 9.10. The average Bonchev–Trinajstić information content (AvgIpc) is 2.83. The van der Waals surface area contributed by atoms with Gasteiger partial charge in [0.05, 0.1) is 11.6 Å². The molecule has 0 radical (unpaired) electrons. The van der Waals surface area contributed by atoms with Crippen LogP contribution in [0.2, 0.25) is 5.02 Å². The van der Waals surface area contributed by atoms with Gasteiger partial charge in [-0.3, -0.25) is 0 Å². The Morgan fingerprint density at radius 1 is 0.970 bits per heavy atom. The van der Waals surface area contributed by atoms with Crippen molar-refractivity contribution in [2.24, 2.45) is 5.73 Å². The third-order valence-electron chi connectivity index (χ3n) is 5.59. The predicted molar refractivity (Wildman–Crippen MR) is 136 cm³/mol. The Hall–Kier alpha value is -3.59. The Labute approximate surface area is 204 Å². The number of halogens is 2. The third kappa shape index (κ3) is 4.11. The number of rotatable bonds is 3. The van der Waals surface area contributed by atoms with E-state index in [0.717, 1.165) is 32.2 Å². The van der Waals surface area contributed by atoms with E-state index in [1.807, 2.05) is 84.9 Å². The molecule has 0 saturated heterocycles. The molecule has 0 fully saturated rings. The van der Waals surface area contributed by atoms with Gasteiger partial charge in [0, 0.05) is 20.4 Å². The van der Waals surface area contributed by atoms with Crippen LogP contribution >= 0.6 is 27.5 Å². The lowest BCUT2D eigenvalue weighted by Crippen LogP contribution is -2.21. The number of nitrogens with zero attached hydrogens (tertiary/aromatic N) is 2. The number of benzene rings is 3. The molecule has 5 rings (SSSR count). The van der Waals surface area contributed by atoms with Gasteiger partial charge in [-0.25, -0.2) is 4.98 Å². The predicted octanol–water partition coefficient (Wildman–Crippen LogP) is 7.04. The van der Waals surface area contributed by atoms with E-state index in [0.29, 0.717) is 21.9 Å². The summed E-state index contributed by atoms with van der Waals surface area (Å²) < 4.78 is 6.94. The van der Waals surface area contributed by atoms with Gasteiger partial charge in [-0.1, -0.05) is 76.1 Å². The molecule has 2 N–H and O–H groups in total. The lowest BCUT2D eigenvalue weighted by Gasteiger charge is -2.27. The summed E-state index contributed by atoms with van der Waals surface area (Å²) in [6, 6.07) is 25.6. The molecule has 160 valence electrons. The van der Waals surface area contributed by atoms with Crippen molar-refractivity contribution in [3.8, 4) is 11.8 Å². The van der Waals surface area contributed by atoms with E-state index in [-0.39, 0.29) is 11.8 Å². The van der Waals surface area contributed by atoms with Crippen LogP contribution in [0.4, 0.5) is 0 Å². The maximum Gasteiger partial charge on any atom is 0.205 e. The minimum Gasteiger partial charge on any atom is -0.438 e. The standard InChI is InChI=1S/C27H17BrClN3O/c28-19-8-4-17(5-9-19)24-22-14-7-18-6-13-21(12-3-16-1-10-20(29)11-2-16)32-25(18)26(22)33-27(31)23(24)15-30/h1-14,24H,31H2/b12-3+. The fraction of sp³-hybridized carbons (Fsp3) is 0.0370. The largest absolute Gasteiger partial charge is 0.438 e. The van der Waals surface area contributed by atoms with E-state index in [1.54, 1.807) is 0 Å². The van der Waals surface area contributed by atoms with Crippen molar-refractivity contribution in [2.45, 2.75) is 5.92 Å². The first-order valence-corrected chi connectivity index (χ1v) is 11.4. The first kappa shape index (κ1) is 21.3. The average molecular weight is 515 g/mol. The summed E-state index contributed by atoms with van der Waals surface area (Å²) in [7, 11) is 0. The Balaban J connectivity index is 1.62. The monoisotopic (exact) mass is 513 g/mol. The molecule has 0 saturated carbocycles. The Bertz CT molecular complexity index is 1470. The van der Waals surface area contributed by atoms with Gasteiger partial charge in [0.25, 0.3) is 0 Å². The zero-order valence-electron chi connectivity index (χ0n) is 17.3. The summed E-state index contributed by atoms with van der Waals surface area (Å²) >= 11 is 9.44. The molecular weight excluding hydrogens is 498 g/mol. The molecule has 1 aliphatic rings. The second-order valence-corrected chi connectivity index (χ2v) is 9.01. The minimum atomic E-state index is -0.327. The van der Waals surface area contributed by atoms with Gasteiger partial charge >= 0.3 is 0 Å². The highest BCUT2D eigenvalue weighted by Gasteiger charge is 2.32. The van der Waals surface area contributed by atoms with Gasteiger partial charge < -0.3 is 10.5 Å². The third-order valence-corrected chi connectivity index (χ3v) is 6.37. The van der Waals surface area contributed by atoms with Gasteiger partial charge in [0.15, 0.2) is 5.75 Å². The van der Waals surface area contributed by atoms with E-state index in [4.69, 9.17) is 27.1 Å². The smallest absolute Gasteiger partial charge is 0.205 e. The number of hydrogen-bond donors (Lipinski definition) is 1. The molecule has 2 heterocycles. The quantitative estimate of drug-likeness (QED) is 0.318. The highest BCUT2D eigenvalue weighted by Crippen LogP contribution is 2.45.